The molecule has 0 aliphatic heterocycles. The average molecular weight is 454 g/mol. The number of phenols is 4. The van der Waals surface area contributed by atoms with Crippen LogP contribution in [0.5, 0.6) is 23.0 Å². The second-order valence-electron chi connectivity index (χ2n) is 7.75. The summed E-state index contributed by atoms with van der Waals surface area (Å²) < 4.78 is 11.1. The molecule has 8 heteroatoms. The Kier molecular flexibility index (Phi) is 7.96. The van der Waals surface area contributed by atoms with Gasteiger partial charge in [-0.3, -0.25) is 0 Å². The Labute approximate surface area is 191 Å². The molecule has 0 amide bonds. The summed E-state index contributed by atoms with van der Waals surface area (Å²) in [5, 5.41) is 37.8. The fraction of sp³-hybridized carbons (Fsp3) is 0.280. The van der Waals surface area contributed by atoms with E-state index < -0.39 is 24.1 Å². The molecule has 1 aliphatic rings. The highest BCUT2D eigenvalue weighted by Gasteiger charge is 2.29. The van der Waals surface area contributed by atoms with Crippen molar-refractivity contribution in [3.05, 3.63) is 59.7 Å². The third-order valence-electron chi connectivity index (χ3n) is 5.25. The number of benzene rings is 2. The molecule has 0 unspecified atom stereocenters. The van der Waals surface area contributed by atoms with Gasteiger partial charge in [-0.25, -0.2) is 9.59 Å². The first-order chi connectivity index (χ1) is 15.8. The molecule has 2 aromatic carbocycles. The molecule has 0 heterocycles. The number of hydrogen-bond acceptors (Lipinski definition) is 8. The summed E-state index contributed by atoms with van der Waals surface area (Å²) in [4.78, 5) is 24.7. The Hall–Kier alpha value is -3.94. The van der Waals surface area contributed by atoms with E-state index in [1.54, 1.807) is 0 Å². The molecule has 4 N–H and O–H groups in total. The molecule has 2 atom stereocenters. The molecule has 0 saturated heterocycles. The molecule has 8 nitrogen and oxygen atoms in total. The highest BCUT2D eigenvalue weighted by atomic mass is 16.6. The fourth-order valence-electron chi connectivity index (χ4n) is 3.50. The van der Waals surface area contributed by atoms with Gasteiger partial charge in [0, 0.05) is 12.2 Å². The van der Waals surface area contributed by atoms with Crippen molar-refractivity contribution < 1.29 is 39.5 Å². The lowest BCUT2D eigenvalue weighted by Gasteiger charge is -2.24. The predicted octanol–water partition coefficient (Wildman–Crippen LogP) is 4.02. The first-order valence-corrected chi connectivity index (χ1v) is 10.6. The molecule has 174 valence electrons. The third kappa shape index (κ3) is 7.03. The Morgan fingerprint density at radius 2 is 1.09 bits per heavy atom. The summed E-state index contributed by atoms with van der Waals surface area (Å²) >= 11 is 0. The lowest BCUT2D eigenvalue weighted by Crippen LogP contribution is -2.33. The first-order valence-electron chi connectivity index (χ1n) is 10.6. The van der Waals surface area contributed by atoms with E-state index in [1.807, 2.05) is 0 Å². The molecule has 1 fully saturated rings. The van der Waals surface area contributed by atoms with Crippen molar-refractivity contribution in [2.24, 2.45) is 0 Å². The van der Waals surface area contributed by atoms with Gasteiger partial charge in [-0.05, 0) is 73.2 Å². The van der Waals surface area contributed by atoms with Gasteiger partial charge in [0.25, 0.3) is 0 Å². The van der Waals surface area contributed by atoms with Crippen molar-refractivity contribution in [2.45, 2.75) is 44.3 Å². The van der Waals surface area contributed by atoms with Crippen LogP contribution in [0.2, 0.25) is 0 Å². The lowest BCUT2D eigenvalue weighted by molar-refractivity contribution is -0.162. The van der Waals surface area contributed by atoms with Crippen molar-refractivity contribution in [1.29, 1.82) is 0 Å². The van der Waals surface area contributed by atoms with Crippen molar-refractivity contribution in [3.8, 4) is 23.0 Å². The summed E-state index contributed by atoms with van der Waals surface area (Å²) in [5.41, 5.74) is 1.02. The van der Waals surface area contributed by atoms with E-state index in [0.29, 0.717) is 24.0 Å². The smallest absolute Gasteiger partial charge is 0.331 e. The predicted molar refractivity (Wildman–Crippen MR) is 120 cm³/mol. The maximum Gasteiger partial charge on any atom is 0.331 e. The maximum atomic E-state index is 12.3. The Bertz CT molecular complexity index is 973. The Balaban J connectivity index is 1.61. The summed E-state index contributed by atoms with van der Waals surface area (Å²) in [7, 11) is 0. The molecule has 0 aromatic heterocycles. The molecule has 1 saturated carbocycles. The number of carbonyl (C=O) groups excluding carboxylic acids is 2. The van der Waals surface area contributed by atoms with Crippen LogP contribution in [-0.4, -0.2) is 44.6 Å². The van der Waals surface area contributed by atoms with Crippen molar-refractivity contribution in [2.75, 3.05) is 0 Å². The maximum absolute atomic E-state index is 12.3. The monoisotopic (exact) mass is 454 g/mol. The van der Waals surface area contributed by atoms with E-state index in [9.17, 15) is 30.0 Å². The van der Waals surface area contributed by atoms with Crippen molar-refractivity contribution >= 4 is 24.1 Å². The second kappa shape index (κ2) is 11.1. The number of ether oxygens (including phenoxy) is 2. The van der Waals surface area contributed by atoms with Gasteiger partial charge >= 0.3 is 11.9 Å². The van der Waals surface area contributed by atoms with Crippen LogP contribution >= 0.6 is 0 Å². The number of rotatable bonds is 6. The Morgan fingerprint density at radius 1 is 0.667 bits per heavy atom. The van der Waals surface area contributed by atoms with Crippen LogP contribution in [0.1, 0.15) is 43.2 Å². The molecule has 1 aliphatic carbocycles. The van der Waals surface area contributed by atoms with Gasteiger partial charge in [0.1, 0.15) is 12.2 Å². The minimum Gasteiger partial charge on any atom is -0.504 e. The van der Waals surface area contributed by atoms with Gasteiger partial charge in [0.2, 0.25) is 0 Å². The molecule has 33 heavy (non-hydrogen) atoms. The largest absolute Gasteiger partial charge is 0.504 e. The molecule has 3 rings (SSSR count). The van der Waals surface area contributed by atoms with Crippen LogP contribution < -0.4 is 0 Å². The van der Waals surface area contributed by atoms with E-state index in [1.165, 1.54) is 60.7 Å². The molecule has 0 bridgehead atoms. The molecule has 0 radical (unpaired) electrons. The highest BCUT2D eigenvalue weighted by Crippen LogP contribution is 2.27. The number of carbonyl (C=O) groups is 2. The van der Waals surface area contributed by atoms with Gasteiger partial charge in [0.15, 0.2) is 23.0 Å². The van der Waals surface area contributed by atoms with E-state index in [0.717, 1.165) is 19.3 Å². The number of aromatic hydroxyl groups is 4. The summed E-state index contributed by atoms with van der Waals surface area (Å²) in [5.74, 6) is -2.31. The minimum atomic E-state index is -0.606. The zero-order valence-electron chi connectivity index (χ0n) is 17.9. The molecule has 2 aromatic rings. The molecular weight excluding hydrogens is 428 g/mol. The molecular formula is C25H26O8. The van der Waals surface area contributed by atoms with Gasteiger partial charge in [-0.1, -0.05) is 18.6 Å². The average Bonchev–Trinajstić information content (AvgIpc) is 3.00. The molecule has 0 spiro atoms. The standard InChI is InChI=1S/C25H26O8/c26-18-10-6-16(14-20(18)28)8-12-24(30)32-22-4-2-1-3-5-23(22)33-25(31)13-9-17-7-11-19(27)21(29)15-17/h6-15,22-23,26-29H,1-5H2/b12-8+,13-9+/t22-,23-/m1/s1. The number of phenolic OH excluding ortho intramolecular Hbond substituents is 4. The van der Waals surface area contributed by atoms with Crippen LogP contribution in [-0.2, 0) is 19.1 Å². The zero-order chi connectivity index (χ0) is 23.8. The fourth-order valence-corrected chi connectivity index (χ4v) is 3.50. The van der Waals surface area contributed by atoms with Crippen LogP contribution in [0.3, 0.4) is 0 Å². The summed E-state index contributed by atoms with van der Waals surface area (Å²) in [6.45, 7) is 0. The van der Waals surface area contributed by atoms with Gasteiger partial charge in [-0.2, -0.15) is 0 Å². The van der Waals surface area contributed by atoms with E-state index in [4.69, 9.17) is 9.47 Å². The lowest BCUT2D eigenvalue weighted by atomic mass is 10.1. The summed E-state index contributed by atoms with van der Waals surface area (Å²) in [6.07, 6.45) is 7.90. The van der Waals surface area contributed by atoms with Crippen LogP contribution in [0.4, 0.5) is 0 Å². The zero-order valence-corrected chi connectivity index (χ0v) is 17.9. The van der Waals surface area contributed by atoms with E-state index in [-0.39, 0.29) is 23.0 Å². The van der Waals surface area contributed by atoms with Crippen LogP contribution in [0, 0.1) is 0 Å². The number of hydrogen-bond donors (Lipinski definition) is 4. The topological polar surface area (TPSA) is 134 Å². The van der Waals surface area contributed by atoms with Crippen molar-refractivity contribution in [3.63, 3.8) is 0 Å². The Morgan fingerprint density at radius 3 is 1.48 bits per heavy atom. The van der Waals surface area contributed by atoms with Crippen molar-refractivity contribution in [1.82, 2.24) is 0 Å². The third-order valence-corrected chi connectivity index (χ3v) is 5.25. The quantitative estimate of drug-likeness (QED) is 0.223. The van der Waals surface area contributed by atoms with E-state index in [2.05, 4.69) is 0 Å². The first kappa shape index (κ1) is 23.7. The highest BCUT2D eigenvalue weighted by molar-refractivity contribution is 5.88. The van der Waals surface area contributed by atoms with Gasteiger partial charge in [0.05, 0.1) is 0 Å². The van der Waals surface area contributed by atoms with E-state index >= 15 is 0 Å². The van der Waals surface area contributed by atoms with Gasteiger partial charge in [-0.15, -0.1) is 0 Å². The second-order valence-corrected chi connectivity index (χ2v) is 7.75. The SMILES string of the molecule is O=C(/C=C/c1ccc(O)c(O)c1)O[C@@H]1CCCCC[C@H]1OC(=O)/C=C/c1ccc(O)c(O)c1. The number of esters is 2. The van der Waals surface area contributed by atoms with Crippen LogP contribution in [0.25, 0.3) is 12.2 Å². The van der Waals surface area contributed by atoms with Crippen LogP contribution in [0.15, 0.2) is 48.6 Å². The summed E-state index contributed by atoms with van der Waals surface area (Å²) in [6, 6.07) is 8.33. The normalized spacial score (nSPS) is 18.8. The van der Waals surface area contributed by atoms with Gasteiger partial charge < -0.3 is 29.9 Å². The minimum absolute atomic E-state index is 0.255.